The van der Waals surface area contributed by atoms with Crippen molar-refractivity contribution >= 4 is 49.7 Å². The molecule has 34 heavy (non-hydrogen) atoms. The van der Waals surface area contributed by atoms with Gasteiger partial charge in [-0.1, -0.05) is 35.7 Å². The molecule has 0 radical (unpaired) electrons. The summed E-state index contributed by atoms with van der Waals surface area (Å²) in [6, 6.07) is 10.2. The standard InChI is InChI=1S/C26H28Cl2N2O3S/c1-29-13-11-18(12-14-29)23-17-30(34(31,32)26-15-19(27)7-9-24(26)28)25-10-8-21(16-22(23)25)33-20-5-3-2-4-6-20/h7-11,15-17,20H,2-6,12-14H2,1H3. The number of likely N-dealkylation sites (N-methyl/N-ethyl adjacent to an activating group) is 1. The minimum absolute atomic E-state index is 0.00925. The lowest BCUT2D eigenvalue weighted by Crippen LogP contribution is -2.23. The van der Waals surface area contributed by atoms with Crippen LogP contribution in [0.5, 0.6) is 5.75 Å². The predicted octanol–water partition coefficient (Wildman–Crippen LogP) is 6.62. The fraction of sp³-hybridized carbons (Fsp3) is 0.385. The van der Waals surface area contributed by atoms with Crippen molar-refractivity contribution in [1.29, 1.82) is 0 Å². The normalized spacial score (nSPS) is 18.3. The van der Waals surface area contributed by atoms with E-state index in [0.717, 1.165) is 54.6 Å². The highest BCUT2D eigenvalue weighted by atomic mass is 35.5. The first-order chi connectivity index (χ1) is 16.3. The van der Waals surface area contributed by atoms with E-state index in [1.165, 1.54) is 35.4 Å². The topological polar surface area (TPSA) is 51.5 Å². The Morgan fingerprint density at radius 2 is 1.82 bits per heavy atom. The number of hydrogen-bond donors (Lipinski definition) is 0. The minimum atomic E-state index is -3.97. The van der Waals surface area contributed by atoms with Crippen molar-refractivity contribution in [2.75, 3.05) is 20.1 Å². The molecule has 1 aliphatic carbocycles. The van der Waals surface area contributed by atoms with Crippen LogP contribution in [0.2, 0.25) is 10.0 Å². The highest BCUT2D eigenvalue weighted by molar-refractivity contribution is 7.90. The number of nitrogens with zero attached hydrogens (tertiary/aromatic N) is 2. The van der Waals surface area contributed by atoms with Crippen LogP contribution in [0.1, 0.15) is 44.1 Å². The second-order valence-electron chi connectivity index (χ2n) is 9.22. The Morgan fingerprint density at radius 3 is 2.56 bits per heavy atom. The van der Waals surface area contributed by atoms with Crippen LogP contribution in [0.3, 0.4) is 0 Å². The Kier molecular flexibility index (Phi) is 6.68. The summed E-state index contributed by atoms with van der Waals surface area (Å²) in [5.74, 6) is 0.783. The van der Waals surface area contributed by atoms with Gasteiger partial charge in [-0.25, -0.2) is 12.4 Å². The first kappa shape index (κ1) is 23.7. The lowest BCUT2D eigenvalue weighted by Gasteiger charge is -2.23. The highest BCUT2D eigenvalue weighted by Crippen LogP contribution is 2.37. The molecular weight excluding hydrogens is 491 g/mol. The molecule has 5 rings (SSSR count). The van der Waals surface area contributed by atoms with Crippen LogP contribution in [-0.4, -0.2) is 43.5 Å². The summed E-state index contributed by atoms with van der Waals surface area (Å²) >= 11 is 12.4. The minimum Gasteiger partial charge on any atom is -0.490 e. The molecule has 180 valence electrons. The molecule has 8 heteroatoms. The van der Waals surface area contributed by atoms with Gasteiger partial charge in [-0.3, -0.25) is 0 Å². The number of benzene rings is 2. The molecule has 0 unspecified atom stereocenters. The van der Waals surface area contributed by atoms with E-state index in [1.807, 2.05) is 18.2 Å². The first-order valence-corrected chi connectivity index (χ1v) is 13.9. The second-order valence-corrected chi connectivity index (χ2v) is 11.8. The number of hydrogen-bond acceptors (Lipinski definition) is 4. The Morgan fingerprint density at radius 1 is 1.03 bits per heavy atom. The molecule has 0 amide bonds. The Labute approximate surface area is 211 Å². The molecule has 2 aliphatic rings. The van der Waals surface area contributed by atoms with E-state index in [1.54, 1.807) is 12.3 Å². The predicted molar refractivity (Wildman–Crippen MR) is 139 cm³/mol. The Hall–Kier alpha value is -1.99. The first-order valence-electron chi connectivity index (χ1n) is 11.7. The zero-order chi connectivity index (χ0) is 23.9. The molecule has 1 fully saturated rings. The van der Waals surface area contributed by atoms with Gasteiger partial charge in [0.15, 0.2) is 0 Å². The van der Waals surface area contributed by atoms with E-state index < -0.39 is 10.0 Å². The number of aromatic nitrogens is 1. The molecule has 0 saturated heterocycles. The van der Waals surface area contributed by atoms with Gasteiger partial charge in [-0.15, -0.1) is 0 Å². The maximum atomic E-state index is 13.7. The molecule has 2 heterocycles. The third-order valence-electron chi connectivity index (χ3n) is 6.79. The maximum Gasteiger partial charge on any atom is 0.269 e. The van der Waals surface area contributed by atoms with Gasteiger partial charge in [0.05, 0.1) is 16.6 Å². The van der Waals surface area contributed by atoms with Crippen LogP contribution >= 0.6 is 23.2 Å². The molecular formula is C26H28Cl2N2O3S. The molecule has 1 saturated carbocycles. The molecule has 3 aromatic rings. The third kappa shape index (κ3) is 4.61. The summed E-state index contributed by atoms with van der Waals surface area (Å²) < 4.78 is 35.1. The van der Waals surface area contributed by atoms with Gasteiger partial charge in [-0.2, -0.15) is 0 Å². The van der Waals surface area contributed by atoms with Crippen molar-refractivity contribution in [1.82, 2.24) is 8.87 Å². The van der Waals surface area contributed by atoms with E-state index in [-0.39, 0.29) is 16.0 Å². The van der Waals surface area contributed by atoms with E-state index in [0.29, 0.717) is 10.5 Å². The van der Waals surface area contributed by atoms with Gasteiger partial charge >= 0.3 is 0 Å². The average Bonchev–Trinajstić information content (AvgIpc) is 3.21. The van der Waals surface area contributed by atoms with Gasteiger partial charge in [0.2, 0.25) is 0 Å². The second kappa shape index (κ2) is 9.57. The molecule has 0 atom stereocenters. The van der Waals surface area contributed by atoms with Crippen LogP contribution in [-0.2, 0) is 10.0 Å². The third-order valence-corrected chi connectivity index (χ3v) is 9.18. The number of fused-ring (bicyclic) bond motifs is 1. The van der Waals surface area contributed by atoms with Crippen molar-refractivity contribution in [3.63, 3.8) is 0 Å². The molecule has 1 aromatic heterocycles. The largest absolute Gasteiger partial charge is 0.490 e. The number of ether oxygens (including phenoxy) is 1. The summed E-state index contributed by atoms with van der Waals surface area (Å²) in [6.07, 6.45) is 10.7. The van der Waals surface area contributed by atoms with Crippen molar-refractivity contribution in [2.24, 2.45) is 0 Å². The number of halogens is 2. The lowest BCUT2D eigenvalue weighted by molar-refractivity contribution is 0.155. The van der Waals surface area contributed by atoms with E-state index in [9.17, 15) is 8.42 Å². The van der Waals surface area contributed by atoms with Gasteiger partial charge in [0.1, 0.15) is 10.6 Å². The van der Waals surface area contributed by atoms with Crippen LogP contribution in [0, 0.1) is 0 Å². The Bertz CT molecular complexity index is 1360. The SMILES string of the molecule is CN1CC=C(c2cn(S(=O)(=O)c3cc(Cl)ccc3Cl)c3ccc(OC4CCCCC4)cc23)CC1. The van der Waals surface area contributed by atoms with Crippen molar-refractivity contribution in [3.05, 3.63) is 64.3 Å². The van der Waals surface area contributed by atoms with Crippen molar-refractivity contribution in [2.45, 2.75) is 49.5 Å². The van der Waals surface area contributed by atoms with Gasteiger partial charge in [0.25, 0.3) is 10.0 Å². The fourth-order valence-corrected chi connectivity index (χ4v) is 6.99. The summed E-state index contributed by atoms with van der Waals surface area (Å²) in [4.78, 5) is 2.23. The van der Waals surface area contributed by atoms with E-state index in [2.05, 4.69) is 18.0 Å². The average molecular weight is 519 g/mol. The summed E-state index contributed by atoms with van der Waals surface area (Å²) in [6.45, 7) is 1.75. The summed E-state index contributed by atoms with van der Waals surface area (Å²) in [7, 11) is -1.88. The smallest absolute Gasteiger partial charge is 0.269 e. The van der Waals surface area contributed by atoms with Gasteiger partial charge in [-0.05, 0) is 81.1 Å². The van der Waals surface area contributed by atoms with Crippen LogP contribution in [0.15, 0.2) is 53.6 Å². The van der Waals surface area contributed by atoms with Crippen LogP contribution in [0.4, 0.5) is 0 Å². The fourth-order valence-electron chi connectivity index (χ4n) is 4.88. The molecule has 0 spiro atoms. The van der Waals surface area contributed by atoms with E-state index >= 15 is 0 Å². The zero-order valence-corrected chi connectivity index (χ0v) is 21.5. The van der Waals surface area contributed by atoms with Crippen molar-refractivity contribution < 1.29 is 13.2 Å². The molecule has 0 bridgehead atoms. The highest BCUT2D eigenvalue weighted by Gasteiger charge is 2.26. The van der Waals surface area contributed by atoms with Crippen molar-refractivity contribution in [3.8, 4) is 5.75 Å². The van der Waals surface area contributed by atoms with Crippen LogP contribution in [0.25, 0.3) is 16.5 Å². The molecule has 2 aromatic carbocycles. The van der Waals surface area contributed by atoms with Gasteiger partial charge < -0.3 is 9.64 Å². The molecule has 0 N–H and O–H groups in total. The zero-order valence-electron chi connectivity index (χ0n) is 19.1. The Balaban J connectivity index is 1.64. The monoisotopic (exact) mass is 518 g/mol. The van der Waals surface area contributed by atoms with Crippen LogP contribution < -0.4 is 4.74 Å². The quantitative estimate of drug-likeness (QED) is 0.381. The van der Waals surface area contributed by atoms with Gasteiger partial charge in [0, 0.05) is 35.3 Å². The lowest BCUT2D eigenvalue weighted by atomic mass is 9.97. The molecule has 5 nitrogen and oxygen atoms in total. The summed E-state index contributed by atoms with van der Waals surface area (Å²) in [5, 5.41) is 1.33. The molecule has 1 aliphatic heterocycles. The van der Waals surface area contributed by atoms with E-state index in [4.69, 9.17) is 27.9 Å². The number of rotatable bonds is 5. The maximum absolute atomic E-state index is 13.7. The summed E-state index contributed by atoms with van der Waals surface area (Å²) in [5.41, 5.74) is 2.66.